The molecule has 0 fully saturated rings. The van der Waals surface area contributed by atoms with Crippen LogP contribution in [-0.4, -0.2) is 18.9 Å². The van der Waals surface area contributed by atoms with Crippen LogP contribution in [0.2, 0.25) is 0 Å². The standard InChI is InChI=1S/C28H32N2O3S/c1-17-10-6-7-11-19(17)25(31)30-27-24(26(32)29-21-12-8-9-13-22(21)33-5)20-15-14-18(28(2,3)4)16-23(20)34-27/h6-13,18H,14-16H2,1-5H3,(H,29,32)(H,30,31)/t18-/m0/s1. The molecule has 6 heteroatoms. The Hall–Kier alpha value is -3.12. The normalized spacial score (nSPS) is 15.4. The number of amides is 2. The summed E-state index contributed by atoms with van der Waals surface area (Å²) in [6, 6.07) is 14.8. The topological polar surface area (TPSA) is 67.4 Å². The first-order valence-electron chi connectivity index (χ1n) is 11.6. The van der Waals surface area contributed by atoms with Crippen molar-refractivity contribution in [1.29, 1.82) is 0 Å². The highest BCUT2D eigenvalue weighted by Crippen LogP contribution is 2.44. The number of nitrogens with one attached hydrogen (secondary N) is 2. The number of rotatable bonds is 5. The second kappa shape index (κ2) is 9.63. The molecule has 178 valence electrons. The number of benzene rings is 2. The summed E-state index contributed by atoms with van der Waals surface area (Å²) in [6.45, 7) is 8.73. The van der Waals surface area contributed by atoms with Gasteiger partial charge >= 0.3 is 0 Å². The average Bonchev–Trinajstić information content (AvgIpc) is 3.16. The van der Waals surface area contributed by atoms with E-state index in [1.165, 1.54) is 16.2 Å². The summed E-state index contributed by atoms with van der Waals surface area (Å²) in [4.78, 5) is 27.9. The molecule has 2 N–H and O–H groups in total. The van der Waals surface area contributed by atoms with E-state index in [1.54, 1.807) is 7.11 Å². The van der Waals surface area contributed by atoms with E-state index in [4.69, 9.17) is 4.74 Å². The number of hydrogen-bond acceptors (Lipinski definition) is 4. The van der Waals surface area contributed by atoms with E-state index < -0.39 is 0 Å². The fourth-order valence-corrected chi connectivity index (χ4v) is 5.90. The Labute approximate surface area is 205 Å². The van der Waals surface area contributed by atoms with Crippen molar-refractivity contribution in [3.8, 4) is 5.75 Å². The van der Waals surface area contributed by atoms with Crippen molar-refractivity contribution in [2.75, 3.05) is 17.7 Å². The first-order valence-corrected chi connectivity index (χ1v) is 12.5. The van der Waals surface area contributed by atoms with Crippen LogP contribution in [0.25, 0.3) is 0 Å². The third kappa shape index (κ3) is 4.87. The third-order valence-corrected chi connectivity index (χ3v) is 7.86. The molecule has 1 atom stereocenters. The number of para-hydroxylation sites is 2. The van der Waals surface area contributed by atoms with Gasteiger partial charge in [0.15, 0.2) is 0 Å². The summed E-state index contributed by atoms with van der Waals surface area (Å²) in [6.07, 6.45) is 2.76. The SMILES string of the molecule is COc1ccccc1NC(=O)c1c(NC(=O)c2ccccc2C)sc2c1CC[C@H](C(C)(C)C)C2. The molecular formula is C28H32N2O3S. The molecule has 0 bridgehead atoms. The van der Waals surface area contributed by atoms with Crippen LogP contribution in [-0.2, 0) is 12.8 Å². The summed E-state index contributed by atoms with van der Waals surface area (Å²) >= 11 is 1.54. The Morgan fingerprint density at radius 3 is 2.41 bits per heavy atom. The van der Waals surface area contributed by atoms with E-state index >= 15 is 0 Å². The number of fused-ring (bicyclic) bond motifs is 1. The van der Waals surface area contributed by atoms with E-state index in [2.05, 4.69) is 31.4 Å². The minimum Gasteiger partial charge on any atom is -0.495 e. The van der Waals surface area contributed by atoms with Gasteiger partial charge in [0.2, 0.25) is 0 Å². The Morgan fingerprint density at radius 1 is 1.00 bits per heavy atom. The van der Waals surface area contributed by atoms with Gasteiger partial charge in [-0.2, -0.15) is 0 Å². The molecule has 2 amide bonds. The molecule has 34 heavy (non-hydrogen) atoms. The number of hydrogen-bond donors (Lipinski definition) is 2. The van der Waals surface area contributed by atoms with Crippen LogP contribution in [0, 0.1) is 18.3 Å². The maximum atomic E-state index is 13.6. The van der Waals surface area contributed by atoms with Gasteiger partial charge in [0.1, 0.15) is 10.8 Å². The first kappa shape index (κ1) is 24.0. The highest BCUT2D eigenvalue weighted by atomic mass is 32.1. The molecule has 5 nitrogen and oxygen atoms in total. The van der Waals surface area contributed by atoms with Gasteiger partial charge in [-0.3, -0.25) is 9.59 Å². The maximum Gasteiger partial charge on any atom is 0.259 e. The molecule has 0 saturated carbocycles. The molecule has 3 aromatic rings. The van der Waals surface area contributed by atoms with Gasteiger partial charge in [0.25, 0.3) is 11.8 Å². The fraction of sp³-hybridized carbons (Fsp3) is 0.357. The molecule has 4 rings (SSSR count). The zero-order valence-corrected chi connectivity index (χ0v) is 21.3. The summed E-state index contributed by atoms with van der Waals surface area (Å²) in [5, 5.41) is 6.68. The number of methoxy groups -OCH3 is 1. The van der Waals surface area contributed by atoms with Gasteiger partial charge in [-0.05, 0) is 66.8 Å². The van der Waals surface area contributed by atoms with Gasteiger partial charge in [0.05, 0.1) is 18.4 Å². The number of carbonyl (C=O) groups excluding carboxylic acids is 2. The molecule has 1 aliphatic carbocycles. The Morgan fingerprint density at radius 2 is 1.71 bits per heavy atom. The van der Waals surface area contributed by atoms with E-state index in [0.717, 1.165) is 30.4 Å². The molecule has 2 aromatic carbocycles. The molecule has 0 unspecified atom stereocenters. The smallest absolute Gasteiger partial charge is 0.259 e. The minimum absolute atomic E-state index is 0.187. The van der Waals surface area contributed by atoms with Crippen molar-refractivity contribution in [3.05, 3.63) is 75.7 Å². The Kier molecular flexibility index (Phi) is 6.80. The van der Waals surface area contributed by atoms with Crippen molar-refractivity contribution in [3.63, 3.8) is 0 Å². The van der Waals surface area contributed by atoms with Crippen molar-refractivity contribution < 1.29 is 14.3 Å². The average molecular weight is 477 g/mol. The number of anilines is 2. The maximum absolute atomic E-state index is 13.6. The Bertz CT molecular complexity index is 1220. The lowest BCUT2D eigenvalue weighted by Gasteiger charge is -2.33. The van der Waals surface area contributed by atoms with Gasteiger partial charge in [-0.25, -0.2) is 0 Å². The largest absolute Gasteiger partial charge is 0.495 e. The highest BCUT2D eigenvalue weighted by Gasteiger charge is 2.34. The molecule has 0 saturated heterocycles. The first-order chi connectivity index (χ1) is 16.2. The predicted molar refractivity (Wildman–Crippen MR) is 139 cm³/mol. The van der Waals surface area contributed by atoms with Crippen LogP contribution in [0.15, 0.2) is 48.5 Å². The summed E-state index contributed by atoms with van der Waals surface area (Å²) in [5.41, 5.74) is 3.92. The molecular weight excluding hydrogens is 444 g/mol. The van der Waals surface area contributed by atoms with Gasteiger partial charge in [-0.15, -0.1) is 11.3 Å². The zero-order chi connectivity index (χ0) is 24.5. The molecule has 1 aromatic heterocycles. The van der Waals surface area contributed by atoms with Crippen LogP contribution in [0.1, 0.15) is 63.9 Å². The monoisotopic (exact) mass is 476 g/mol. The van der Waals surface area contributed by atoms with Crippen molar-refractivity contribution in [2.45, 2.75) is 47.0 Å². The fourth-order valence-electron chi connectivity index (χ4n) is 4.58. The zero-order valence-electron chi connectivity index (χ0n) is 20.5. The second-order valence-corrected chi connectivity index (χ2v) is 11.0. The van der Waals surface area contributed by atoms with Crippen LogP contribution in [0.3, 0.4) is 0 Å². The molecule has 1 heterocycles. The van der Waals surface area contributed by atoms with Gasteiger partial charge < -0.3 is 15.4 Å². The van der Waals surface area contributed by atoms with Crippen LogP contribution in [0.4, 0.5) is 10.7 Å². The molecule has 0 spiro atoms. The second-order valence-electron chi connectivity index (χ2n) is 9.94. The molecule has 0 aliphatic heterocycles. The number of thiophene rings is 1. The van der Waals surface area contributed by atoms with Crippen LogP contribution in [0.5, 0.6) is 5.75 Å². The summed E-state index contributed by atoms with van der Waals surface area (Å²) < 4.78 is 5.41. The van der Waals surface area contributed by atoms with Crippen molar-refractivity contribution in [2.24, 2.45) is 11.3 Å². The number of ether oxygens (including phenoxy) is 1. The van der Waals surface area contributed by atoms with Crippen LogP contribution < -0.4 is 15.4 Å². The molecule has 0 radical (unpaired) electrons. The van der Waals surface area contributed by atoms with E-state index in [9.17, 15) is 9.59 Å². The summed E-state index contributed by atoms with van der Waals surface area (Å²) in [7, 11) is 1.58. The quantitative estimate of drug-likeness (QED) is 0.429. The Balaban J connectivity index is 1.71. The number of carbonyl (C=O) groups is 2. The van der Waals surface area contributed by atoms with E-state index in [1.807, 2.05) is 55.5 Å². The highest BCUT2D eigenvalue weighted by molar-refractivity contribution is 7.17. The third-order valence-electron chi connectivity index (χ3n) is 6.69. The lowest BCUT2D eigenvalue weighted by Crippen LogP contribution is -2.27. The lowest BCUT2D eigenvalue weighted by atomic mass is 9.72. The number of aryl methyl sites for hydroxylation is 1. The van der Waals surface area contributed by atoms with Crippen LogP contribution >= 0.6 is 11.3 Å². The van der Waals surface area contributed by atoms with Crippen molar-refractivity contribution in [1.82, 2.24) is 0 Å². The van der Waals surface area contributed by atoms with E-state index in [-0.39, 0.29) is 17.2 Å². The van der Waals surface area contributed by atoms with Crippen molar-refractivity contribution >= 4 is 33.8 Å². The van der Waals surface area contributed by atoms with E-state index in [0.29, 0.717) is 33.5 Å². The minimum atomic E-state index is -0.226. The predicted octanol–water partition coefficient (Wildman–Crippen LogP) is 6.72. The molecule has 1 aliphatic rings. The lowest BCUT2D eigenvalue weighted by molar-refractivity contribution is 0.102. The van der Waals surface area contributed by atoms with Gasteiger partial charge in [0, 0.05) is 10.4 Å². The van der Waals surface area contributed by atoms with Gasteiger partial charge in [-0.1, -0.05) is 51.1 Å². The summed E-state index contributed by atoms with van der Waals surface area (Å²) in [5.74, 6) is 0.702.